The molecule has 4 heterocycles. The molecule has 15 aromatic rings. The van der Waals surface area contributed by atoms with E-state index in [1.54, 1.807) is 30.6 Å². The van der Waals surface area contributed by atoms with E-state index in [1.807, 2.05) is 109 Å². The normalized spacial score (nSPS) is 12.1. The molecule has 0 fully saturated rings. The molecule has 1 unspecified atom stereocenters. The number of ether oxygens (including phenoxy) is 4. The zero-order valence-corrected chi connectivity index (χ0v) is 80.5. The molecule has 0 bridgehead atoms. The van der Waals surface area contributed by atoms with Crippen LogP contribution in [0.3, 0.4) is 0 Å². The Hall–Kier alpha value is -10.3. The van der Waals surface area contributed by atoms with Crippen molar-refractivity contribution >= 4 is 0 Å². The summed E-state index contributed by atoms with van der Waals surface area (Å²) in [5, 5.41) is 0. The van der Waals surface area contributed by atoms with Gasteiger partial charge in [0.2, 0.25) is 0 Å². The molecule has 0 saturated carbocycles. The summed E-state index contributed by atoms with van der Waals surface area (Å²) in [4.78, 5) is 17.6. The molecule has 1 spiro atoms. The van der Waals surface area contributed by atoms with Crippen molar-refractivity contribution in [3.8, 4) is 135 Å². The number of aryl methyl sites for hydroxylation is 4. The molecule has 0 saturated heterocycles. The van der Waals surface area contributed by atoms with E-state index in [0.29, 0.717) is 49.4 Å². The van der Waals surface area contributed by atoms with Crippen LogP contribution in [0.2, 0.25) is 0 Å². The molecular formula is C109H100F2Ir4N4O4-4. The van der Waals surface area contributed by atoms with Gasteiger partial charge in [-0.3, -0.25) is 0 Å². The minimum Gasteiger partial charge on any atom is -0.490 e. The Labute approximate surface area is 779 Å². The molecule has 1 atom stereocenters. The third-order valence-corrected chi connectivity index (χ3v) is 21.5. The van der Waals surface area contributed by atoms with Gasteiger partial charge in [0.1, 0.15) is 11.6 Å². The fraction of sp³-hybridized carbons (Fsp3) is 0.211. The van der Waals surface area contributed by atoms with Crippen molar-refractivity contribution in [2.24, 2.45) is 11.8 Å². The molecule has 11 aromatic carbocycles. The van der Waals surface area contributed by atoms with Crippen LogP contribution >= 0.6 is 0 Å². The van der Waals surface area contributed by atoms with Gasteiger partial charge in [0.15, 0.2) is 23.0 Å². The van der Waals surface area contributed by atoms with Gasteiger partial charge in [0, 0.05) is 111 Å². The summed E-state index contributed by atoms with van der Waals surface area (Å²) in [7, 11) is 0. The predicted octanol–water partition coefficient (Wildman–Crippen LogP) is 27.9. The van der Waals surface area contributed by atoms with Crippen LogP contribution in [-0.2, 0) is 85.8 Å². The van der Waals surface area contributed by atoms with E-state index in [2.05, 4.69) is 247 Å². The number of hydrogen-bond donors (Lipinski definition) is 0. The molecule has 8 nitrogen and oxygen atoms in total. The van der Waals surface area contributed by atoms with Gasteiger partial charge in [0.25, 0.3) is 0 Å². The van der Waals surface area contributed by atoms with Crippen LogP contribution in [0.25, 0.3) is 112 Å². The van der Waals surface area contributed by atoms with Crippen LogP contribution in [-0.4, -0.2) is 46.4 Å². The van der Waals surface area contributed by atoms with Crippen molar-refractivity contribution in [3.05, 3.63) is 372 Å². The van der Waals surface area contributed by atoms with E-state index in [-0.39, 0.29) is 80.4 Å². The van der Waals surface area contributed by atoms with E-state index in [9.17, 15) is 8.78 Å². The van der Waals surface area contributed by atoms with Crippen LogP contribution in [0.15, 0.2) is 292 Å². The summed E-state index contributed by atoms with van der Waals surface area (Å²) in [6.07, 6.45) is 13.8. The quantitative estimate of drug-likeness (QED) is 0.0437. The van der Waals surface area contributed by atoms with Crippen LogP contribution in [0.5, 0.6) is 23.0 Å². The maximum atomic E-state index is 13.8. The Morgan fingerprint density at radius 2 is 0.740 bits per heavy atom. The second-order valence-corrected chi connectivity index (χ2v) is 31.3. The Balaban J connectivity index is 0.000000186. The molecule has 4 aromatic heterocycles. The molecule has 4 radical (unpaired) electrons. The fourth-order valence-corrected chi connectivity index (χ4v) is 15.4. The van der Waals surface area contributed by atoms with E-state index in [0.717, 1.165) is 129 Å². The van der Waals surface area contributed by atoms with Crippen LogP contribution < -0.4 is 18.9 Å². The zero-order chi connectivity index (χ0) is 82.8. The van der Waals surface area contributed by atoms with Gasteiger partial charge in [-0.05, 0) is 219 Å². The van der Waals surface area contributed by atoms with E-state index in [4.69, 9.17) is 18.9 Å². The molecule has 0 aliphatic heterocycles. The van der Waals surface area contributed by atoms with Crippen molar-refractivity contribution in [1.29, 1.82) is 0 Å². The summed E-state index contributed by atoms with van der Waals surface area (Å²) >= 11 is 0. The van der Waals surface area contributed by atoms with Crippen molar-refractivity contribution in [2.45, 2.75) is 113 Å². The van der Waals surface area contributed by atoms with Crippen molar-refractivity contribution < 1.29 is 108 Å². The molecule has 14 heteroatoms. The van der Waals surface area contributed by atoms with E-state index in [1.165, 1.54) is 95.6 Å². The summed E-state index contributed by atoms with van der Waals surface area (Å²) in [5.74, 6) is 3.04. The summed E-state index contributed by atoms with van der Waals surface area (Å²) < 4.78 is 52.0. The third kappa shape index (κ3) is 22.8. The number of benzene rings is 11. The topological polar surface area (TPSA) is 88.5 Å². The Bertz CT molecular complexity index is 5980. The summed E-state index contributed by atoms with van der Waals surface area (Å²) in [5.41, 5.74) is 30.4. The number of rotatable bonds is 24. The molecule has 123 heavy (non-hydrogen) atoms. The van der Waals surface area contributed by atoms with Gasteiger partial charge in [-0.25, -0.2) is 8.78 Å². The standard InChI is InChI=1S/C48H46NO2.C25H28NO2.C19H16N.C17H10F2N.4Ir/c1-5-7-13-24-50-46-30-40-38-26-32(3)33(4)27-43(38)48(44(40)31-47(46)51-25-14-8-6-2)41-19-10-9-18-37(41)39-29-35(21-22-42(39)48)34-16-15-17-36(28-34)45-20-11-12-23-49-45;1-18(2)16-27-24-12-11-21(15-25(24)28-17-19(3)4)20-8-7-9-22(14-20)23-10-5-6-13-26-23;1-14-9-10-15(2)18(12-14)16-6-5-7-17(13-16)19-8-3-4-11-20-19;18-14-7-8-15(16(19)11-14)12-4-3-5-13(10-12)17-6-1-2-9-20-17;;;;/h9-12,15-16,18-23,26-31H,5-8,13-14,24-25H2,1-4H3;5-8,10-15,18-19H,16-17H2,1-4H3;3-6,8-13H,1-2H3;1-4,6-11H;;;;/q4*-1;;;;. The smallest absolute Gasteiger partial charge is 0.161 e. The van der Waals surface area contributed by atoms with Crippen LogP contribution in [0, 0.1) is 75.4 Å². The number of fused-ring (bicyclic) bond motifs is 10. The average molecular weight is 2340 g/mol. The fourth-order valence-electron chi connectivity index (χ4n) is 15.4. The number of unbranched alkanes of at least 4 members (excludes halogenated alkanes) is 4. The minimum atomic E-state index is -0.585. The van der Waals surface area contributed by atoms with Gasteiger partial charge in [-0.1, -0.05) is 206 Å². The maximum Gasteiger partial charge on any atom is 0.161 e. The van der Waals surface area contributed by atoms with Gasteiger partial charge < -0.3 is 38.9 Å². The Morgan fingerprint density at radius 3 is 1.25 bits per heavy atom. The number of aromatic nitrogens is 4. The largest absolute Gasteiger partial charge is 0.490 e. The molecule has 2 aliphatic carbocycles. The maximum absolute atomic E-state index is 13.8. The molecule has 17 rings (SSSR count). The number of hydrogen-bond acceptors (Lipinski definition) is 8. The zero-order valence-electron chi connectivity index (χ0n) is 70.9. The Morgan fingerprint density at radius 1 is 0.317 bits per heavy atom. The van der Waals surface area contributed by atoms with E-state index < -0.39 is 17.0 Å². The molecule has 0 N–H and O–H groups in total. The molecular weight excluding hydrogens is 2240 g/mol. The van der Waals surface area contributed by atoms with Crippen molar-refractivity contribution in [3.63, 3.8) is 0 Å². The van der Waals surface area contributed by atoms with Gasteiger partial charge >= 0.3 is 0 Å². The van der Waals surface area contributed by atoms with Gasteiger partial charge in [0.05, 0.1) is 31.8 Å². The second kappa shape index (κ2) is 45.4. The first kappa shape index (κ1) is 94.9. The predicted molar refractivity (Wildman–Crippen MR) is 482 cm³/mol. The number of halogens is 2. The van der Waals surface area contributed by atoms with Crippen LogP contribution in [0.1, 0.15) is 125 Å². The van der Waals surface area contributed by atoms with Gasteiger partial charge in [-0.15, -0.1) is 136 Å². The summed E-state index contributed by atoms with van der Waals surface area (Å²) in [6, 6.07) is 102. The first-order valence-electron chi connectivity index (χ1n) is 41.5. The number of nitrogens with zero attached hydrogens (tertiary/aromatic N) is 4. The monoisotopic (exact) mass is 2340 g/mol. The van der Waals surface area contributed by atoms with Crippen molar-refractivity contribution in [2.75, 3.05) is 26.4 Å². The molecule has 2 aliphatic rings. The Kier molecular flexibility index (Phi) is 35.0. The SMILES string of the molecule is CC(C)COc1ccc(-c2cc[c-]c(-c3ccccn3)c2)cc1OCC(C)C.CCCCCOc1cc2c(cc1OCCCCC)C1(c3ccccc3-c3cc(-c4cc[c-]c(-c5ccccn5)c4)ccc31)c1cc(C)c(C)cc1-2.Cc1ccc(C)c(-c2cc[c-]c(-c3ccccn3)c2)c1.Fc1ccc(-c2cc[c-]c(-c3ccccn3)c2)c(F)c1.[Ir].[Ir].[Ir].[Ir]. The van der Waals surface area contributed by atoms with Crippen molar-refractivity contribution in [1.82, 2.24) is 19.9 Å². The second-order valence-electron chi connectivity index (χ2n) is 31.3. The minimum absolute atomic E-state index is 0. The summed E-state index contributed by atoms with van der Waals surface area (Å²) in [6.45, 7) is 24.5. The first-order valence-corrected chi connectivity index (χ1v) is 41.5. The molecule has 0 amide bonds. The van der Waals surface area contributed by atoms with E-state index >= 15 is 0 Å². The third-order valence-electron chi connectivity index (χ3n) is 21.5. The van der Waals surface area contributed by atoms with Gasteiger partial charge in [-0.2, -0.15) is 0 Å². The molecule has 634 valence electrons. The van der Waals surface area contributed by atoms with Crippen LogP contribution in [0.4, 0.5) is 8.78 Å². The first-order chi connectivity index (χ1) is 58.0. The number of pyridine rings is 4. The average Bonchev–Trinajstić information content (AvgIpc) is 1.50.